The SMILES string of the molecule is O=C(Nc1nc(-c2ccccc2NS(=O)(=O)c2ccc(Cl)cc2)cs1)c1c(Cl)cccc1Cl. The van der Waals surface area contributed by atoms with Crippen LogP contribution in [0.15, 0.2) is 77.0 Å². The minimum atomic E-state index is -3.85. The molecule has 33 heavy (non-hydrogen) atoms. The minimum Gasteiger partial charge on any atom is -0.298 e. The summed E-state index contributed by atoms with van der Waals surface area (Å²) in [6.07, 6.45) is 0. The standard InChI is InChI=1S/C22H14Cl3N3O3S2/c23-13-8-10-14(11-9-13)33(30,31)28-18-7-2-1-4-15(18)19-12-32-22(26-19)27-21(29)20-16(24)5-3-6-17(20)25/h1-12,28H,(H,26,27,29). The number of sulfonamides is 1. The van der Waals surface area contributed by atoms with Gasteiger partial charge in [0.1, 0.15) is 0 Å². The first kappa shape index (κ1) is 23.5. The van der Waals surface area contributed by atoms with Gasteiger partial charge in [0.2, 0.25) is 0 Å². The van der Waals surface area contributed by atoms with Gasteiger partial charge in [0.25, 0.3) is 15.9 Å². The Balaban J connectivity index is 1.59. The van der Waals surface area contributed by atoms with Crippen molar-refractivity contribution in [3.8, 4) is 11.3 Å². The molecule has 0 spiro atoms. The lowest BCUT2D eigenvalue weighted by Gasteiger charge is -2.11. The molecular formula is C22H14Cl3N3O3S2. The van der Waals surface area contributed by atoms with Crippen molar-refractivity contribution in [1.82, 2.24) is 4.98 Å². The Kier molecular flexibility index (Phi) is 6.92. The van der Waals surface area contributed by atoms with Crippen molar-refractivity contribution in [2.24, 2.45) is 0 Å². The number of amides is 1. The fourth-order valence-electron chi connectivity index (χ4n) is 2.94. The van der Waals surface area contributed by atoms with Crippen molar-refractivity contribution >= 4 is 72.9 Å². The van der Waals surface area contributed by atoms with Gasteiger partial charge in [-0.3, -0.25) is 14.8 Å². The number of anilines is 2. The Labute approximate surface area is 209 Å². The number of nitrogens with zero attached hydrogens (tertiary/aromatic N) is 1. The zero-order valence-corrected chi connectivity index (χ0v) is 20.5. The monoisotopic (exact) mass is 537 g/mol. The zero-order valence-electron chi connectivity index (χ0n) is 16.6. The number of benzene rings is 3. The van der Waals surface area contributed by atoms with Gasteiger partial charge in [-0.25, -0.2) is 13.4 Å². The maximum absolute atomic E-state index is 12.8. The normalized spacial score (nSPS) is 11.2. The summed E-state index contributed by atoms with van der Waals surface area (Å²) in [4.78, 5) is 17.1. The van der Waals surface area contributed by atoms with E-state index in [4.69, 9.17) is 34.8 Å². The van der Waals surface area contributed by atoms with E-state index in [0.29, 0.717) is 27.1 Å². The van der Waals surface area contributed by atoms with Crippen LogP contribution in [0.5, 0.6) is 0 Å². The van der Waals surface area contributed by atoms with Crippen molar-refractivity contribution in [3.63, 3.8) is 0 Å². The number of thiazole rings is 1. The maximum Gasteiger partial charge on any atom is 0.261 e. The van der Waals surface area contributed by atoms with Crippen LogP contribution in [0.1, 0.15) is 10.4 Å². The molecule has 0 radical (unpaired) electrons. The molecule has 2 N–H and O–H groups in total. The molecule has 0 aliphatic rings. The number of carbonyl (C=O) groups excluding carboxylic acids is 1. The van der Waals surface area contributed by atoms with Gasteiger partial charge in [-0.2, -0.15) is 0 Å². The van der Waals surface area contributed by atoms with E-state index in [9.17, 15) is 13.2 Å². The first-order valence-corrected chi connectivity index (χ1v) is 12.8. The molecule has 0 saturated carbocycles. The molecule has 1 amide bonds. The highest BCUT2D eigenvalue weighted by Gasteiger charge is 2.19. The number of rotatable bonds is 6. The van der Waals surface area contributed by atoms with E-state index >= 15 is 0 Å². The fraction of sp³-hybridized carbons (Fsp3) is 0. The van der Waals surface area contributed by atoms with Gasteiger partial charge >= 0.3 is 0 Å². The Morgan fingerprint density at radius 1 is 0.879 bits per heavy atom. The van der Waals surface area contributed by atoms with Gasteiger partial charge in [0.05, 0.1) is 31.9 Å². The Morgan fingerprint density at radius 2 is 1.55 bits per heavy atom. The van der Waals surface area contributed by atoms with Crippen molar-refractivity contribution in [3.05, 3.63) is 92.7 Å². The number of halogens is 3. The lowest BCUT2D eigenvalue weighted by molar-refractivity contribution is 0.102. The van der Waals surface area contributed by atoms with Crippen LogP contribution in [0.2, 0.25) is 15.1 Å². The van der Waals surface area contributed by atoms with Gasteiger partial charge in [-0.15, -0.1) is 11.3 Å². The molecule has 4 aromatic rings. The number of aromatic nitrogens is 1. The molecule has 4 rings (SSSR count). The Morgan fingerprint density at radius 3 is 2.24 bits per heavy atom. The van der Waals surface area contributed by atoms with E-state index in [-0.39, 0.29) is 20.5 Å². The van der Waals surface area contributed by atoms with Crippen molar-refractivity contribution in [2.45, 2.75) is 4.90 Å². The fourth-order valence-corrected chi connectivity index (χ4v) is 5.42. The molecule has 0 unspecified atom stereocenters. The predicted octanol–water partition coefficient (Wildman–Crippen LogP) is 6.82. The molecule has 168 valence electrons. The Bertz CT molecular complexity index is 1420. The molecular weight excluding hydrogens is 525 g/mol. The predicted molar refractivity (Wildman–Crippen MR) is 134 cm³/mol. The molecule has 6 nitrogen and oxygen atoms in total. The average molecular weight is 539 g/mol. The van der Waals surface area contributed by atoms with E-state index in [1.54, 1.807) is 47.8 Å². The molecule has 1 heterocycles. The molecule has 0 atom stereocenters. The number of nitrogens with one attached hydrogen (secondary N) is 2. The number of hydrogen-bond acceptors (Lipinski definition) is 5. The second kappa shape index (κ2) is 9.70. The third-order valence-electron chi connectivity index (χ3n) is 4.49. The van der Waals surface area contributed by atoms with Crippen LogP contribution in [0.25, 0.3) is 11.3 Å². The van der Waals surface area contributed by atoms with Crippen LogP contribution < -0.4 is 10.0 Å². The van der Waals surface area contributed by atoms with Crippen LogP contribution in [0.3, 0.4) is 0 Å². The summed E-state index contributed by atoms with van der Waals surface area (Å²) in [6.45, 7) is 0. The van der Waals surface area contributed by atoms with Crippen LogP contribution in [-0.2, 0) is 10.0 Å². The molecule has 0 aliphatic carbocycles. The highest BCUT2D eigenvalue weighted by Crippen LogP contribution is 2.33. The van der Waals surface area contributed by atoms with Crippen LogP contribution in [0.4, 0.5) is 10.8 Å². The third-order valence-corrected chi connectivity index (χ3v) is 7.51. The van der Waals surface area contributed by atoms with E-state index in [1.807, 2.05) is 0 Å². The second-order valence-corrected chi connectivity index (χ2v) is 10.5. The molecule has 0 fully saturated rings. The summed E-state index contributed by atoms with van der Waals surface area (Å²) in [6, 6.07) is 17.4. The highest BCUT2D eigenvalue weighted by molar-refractivity contribution is 7.92. The smallest absolute Gasteiger partial charge is 0.261 e. The maximum atomic E-state index is 12.8. The average Bonchev–Trinajstić information content (AvgIpc) is 3.22. The summed E-state index contributed by atoms with van der Waals surface area (Å²) >= 11 is 19.2. The van der Waals surface area contributed by atoms with Crippen molar-refractivity contribution in [1.29, 1.82) is 0 Å². The van der Waals surface area contributed by atoms with E-state index in [1.165, 1.54) is 35.6 Å². The summed E-state index contributed by atoms with van der Waals surface area (Å²) in [7, 11) is -3.85. The van der Waals surface area contributed by atoms with Gasteiger partial charge in [0.15, 0.2) is 5.13 Å². The molecule has 3 aromatic carbocycles. The topological polar surface area (TPSA) is 88.2 Å². The van der Waals surface area contributed by atoms with E-state index in [0.717, 1.165) is 0 Å². The molecule has 0 bridgehead atoms. The van der Waals surface area contributed by atoms with E-state index in [2.05, 4.69) is 15.0 Å². The molecule has 1 aromatic heterocycles. The third kappa shape index (κ3) is 5.31. The Hall–Kier alpha value is -2.62. The van der Waals surface area contributed by atoms with E-state index < -0.39 is 15.9 Å². The van der Waals surface area contributed by atoms with Crippen molar-refractivity contribution < 1.29 is 13.2 Å². The largest absolute Gasteiger partial charge is 0.298 e. The number of para-hydroxylation sites is 1. The summed E-state index contributed by atoms with van der Waals surface area (Å²) in [5.41, 5.74) is 1.51. The molecule has 11 heteroatoms. The quantitative estimate of drug-likeness (QED) is 0.282. The van der Waals surface area contributed by atoms with Crippen LogP contribution in [-0.4, -0.2) is 19.3 Å². The zero-order chi connectivity index (χ0) is 23.6. The minimum absolute atomic E-state index is 0.0737. The van der Waals surface area contributed by atoms with Gasteiger partial charge < -0.3 is 0 Å². The number of carbonyl (C=O) groups is 1. The first-order chi connectivity index (χ1) is 15.7. The van der Waals surface area contributed by atoms with Gasteiger partial charge in [-0.05, 0) is 42.5 Å². The highest BCUT2D eigenvalue weighted by atomic mass is 35.5. The van der Waals surface area contributed by atoms with Crippen molar-refractivity contribution in [2.75, 3.05) is 10.0 Å². The number of hydrogen-bond donors (Lipinski definition) is 2. The molecule has 0 saturated heterocycles. The summed E-state index contributed by atoms with van der Waals surface area (Å²) in [5, 5.41) is 5.57. The molecule has 0 aliphatic heterocycles. The van der Waals surface area contributed by atoms with Gasteiger partial charge in [0, 0.05) is 16.0 Å². The first-order valence-electron chi connectivity index (χ1n) is 9.33. The summed E-state index contributed by atoms with van der Waals surface area (Å²) in [5.74, 6) is -0.497. The lowest BCUT2D eigenvalue weighted by atomic mass is 10.1. The van der Waals surface area contributed by atoms with Crippen LogP contribution >= 0.6 is 46.1 Å². The lowest BCUT2D eigenvalue weighted by Crippen LogP contribution is -2.14. The van der Waals surface area contributed by atoms with Crippen LogP contribution in [0, 0.1) is 0 Å². The van der Waals surface area contributed by atoms with Gasteiger partial charge in [-0.1, -0.05) is 59.1 Å². The summed E-state index contributed by atoms with van der Waals surface area (Å²) < 4.78 is 28.2. The second-order valence-electron chi connectivity index (χ2n) is 6.69.